The molecular weight excluding hydrogens is 274 g/mol. The first-order chi connectivity index (χ1) is 9.66. The summed E-state index contributed by atoms with van der Waals surface area (Å²) in [4.78, 5) is 0.818. The minimum Gasteiger partial charge on any atom is -0.490 e. The monoisotopic (exact) mass is 297 g/mol. The van der Waals surface area contributed by atoms with E-state index in [4.69, 9.17) is 9.47 Å². The van der Waals surface area contributed by atoms with E-state index in [-0.39, 0.29) is 0 Å². The van der Waals surface area contributed by atoms with Gasteiger partial charge in [0.15, 0.2) is 11.5 Å². The van der Waals surface area contributed by atoms with Crippen LogP contribution in [0.25, 0.3) is 0 Å². The van der Waals surface area contributed by atoms with Crippen molar-refractivity contribution in [3.05, 3.63) is 18.2 Å². The zero-order chi connectivity index (χ0) is 14.4. The zero-order valence-corrected chi connectivity index (χ0v) is 13.0. The molecule has 0 radical (unpaired) electrons. The van der Waals surface area contributed by atoms with E-state index in [1.54, 1.807) is 0 Å². The smallest absolute Gasteiger partial charge is 0.162 e. The molecule has 1 heterocycles. The average molecular weight is 297 g/mol. The van der Waals surface area contributed by atoms with Gasteiger partial charge in [-0.05, 0) is 25.1 Å². The highest BCUT2D eigenvalue weighted by molar-refractivity contribution is 7.85. The summed E-state index contributed by atoms with van der Waals surface area (Å²) in [5.41, 5.74) is 0. The second-order valence-electron chi connectivity index (χ2n) is 5.17. The molecule has 1 N–H and O–H groups in total. The van der Waals surface area contributed by atoms with Gasteiger partial charge in [-0.1, -0.05) is 13.8 Å². The second kappa shape index (κ2) is 7.64. The van der Waals surface area contributed by atoms with Crippen LogP contribution in [0.15, 0.2) is 23.1 Å². The molecule has 0 spiro atoms. The van der Waals surface area contributed by atoms with Crippen LogP contribution in [0.1, 0.15) is 26.7 Å². The summed E-state index contributed by atoms with van der Waals surface area (Å²) in [6.07, 6.45) is 1.78. The minimum absolute atomic E-state index is 0.474. The third kappa shape index (κ3) is 4.49. The molecule has 0 aromatic heterocycles. The molecule has 0 amide bonds. The van der Waals surface area contributed by atoms with E-state index in [1.165, 1.54) is 0 Å². The minimum atomic E-state index is -0.977. The van der Waals surface area contributed by atoms with Crippen LogP contribution in [0.5, 0.6) is 11.5 Å². The molecule has 4 nitrogen and oxygen atoms in total. The van der Waals surface area contributed by atoms with Gasteiger partial charge in [-0.15, -0.1) is 0 Å². The van der Waals surface area contributed by atoms with Crippen molar-refractivity contribution in [2.75, 3.05) is 25.5 Å². The molecule has 1 atom stereocenters. The summed E-state index contributed by atoms with van der Waals surface area (Å²) >= 11 is 0. The predicted octanol–water partition coefficient (Wildman–Crippen LogP) is 2.34. The molecule has 5 heteroatoms. The fourth-order valence-corrected chi connectivity index (χ4v) is 3.10. The van der Waals surface area contributed by atoms with Crippen molar-refractivity contribution in [1.82, 2.24) is 5.32 Å². The second-order valence-corrected chi connectivity index (χ2v) is 6.74. The van der Waals surface area contributed by atoms with E-state index in [9.17, 15) is 4.21 Å². The Balaban J connectivity index is 1.91. The third-order valence-electron chi connectivity index (χ3n) is 3.04. The Morgan fingerprint density at radius 2 is 2.00 bits per heavy atom. The van der Waals surface area contributed by atoms with Gasteiger partial charge in [0.25, 0.3) is 0 Å². The Bertz CT molecular complexity index is 462. The van der Waals surface area contributed by atoms with Gasteiger partial charge in [-0.25, -0.2) is 0 Å². The molecule has 1 aliphatic rings. The molecule has 1 aromatic rings. The summed E-state index contributed by atoms with van der Waals surface area (Å²) in [7, 11) is -0.977. The Labute approximate surface area is 123 Å². The van der Waals surface area contributed by atoms with Gasteiger partial charge < -0.3 is 14.8 Å². The standard InChI is InChI=1S/C15H23NO3S/c1-12(2)16-7-3-10-20(17)13-5-6-14-15(11-13)19-9-4-8-18-14/h5-6,11-12,16H,3-4,7-10H2,1-2H3. The highest BCUT2D eigenvalue weighted by atomic mass is 32.2. The SMILES string of the molecule is CC(C)NCCCS(=O)c1ccc2c(c1)OCCCO2. The number of hydrogen-bond donors (Lipinski definition) is 1. The summed E-state index contributed by atoms with van der Waals surface area (Å²) in [6, 6.07) is 6.06. The highest BCUT2D eigenvalue weighted by Gasteiger charge is 2.13. The molecule has 1 aliphatic heterocycles. The van der Waals surface area contributed by atoms with Crippen LogP contribution in [-0.2, 0) is 10.8 Å². The molecule has 20 heavy (non-hydrogen) atoms. The molecule has 0 saturated carbocycles. The summed E-state index contributed by atoms with van der Waals surface area (Å²) in [5, 5.41) is 3.33. The van der Waals surface area contributed by atoms with Crippen molar-refractivity contribution in [3.63, 3.8) is 0 Å². The number of rotatable bonds is 6. The van der Waals surface area contributed by atoms with Crippen molar-refractivity contribution in [3.8, 4) is 11.5 Å². The average Bonchev–Trinajstić information content (AvgIpc) is 2.67. The maximum atomic E-state index is 12.2. The lowest BCUT2D eigenvalue weighted by Crippen LogP contribution is -2.24. The topological polar surface area (TPSA) is 47.6 Å². The van der Waals surface area contributed by atoms with Crippen LogP contribution in [0, 0.1) is 0 Å². The van der Waals surface area contributed by atoms with Gasteiger partial charge in [-0.3, -0.25) is 4.21 Å². The molecule has 0 bridgehead atoms. The van der Waals surface area contributed by atoms with Gasteiger partial charge in [0.2, 0.25) is 0 Å². The number of fused-ring (bicyclic) bond motifs is 1. The lowest BCUT2D eigenvalue weighted by molar-refractivity contribution is 0.297. The normalized spacial score (nSPS) is 15.9. The van der Waals surface area contributed by atoms with Crippen molar-refractivity contribution < 1.29 is 13.7 Å². The van der Waals surface area contributed by atoms with Crippen molar-refractivity contribution in [2.24, 2.45) is 0 Å². The van der Waals surface area contributed by atoms with Crippen LogP contribution in [0.2, 0.25) is 0 Å². The first-order valence-corrected chi connectivity index (χ1v) is 8.50. The highest BCUT2D eigenvalue weighted by Crippen LogP contribution is 2.31. The van der Waals surface area contributed by atoms with Crippen molar-refractivity contribution in [2.45, 2.75) is 37.6 Å². The number of hydrogen-bond acceptors (Lipinski definition) is 4. The molecule has 1 aromatic carbocycles. The molecule has 0 aliphatic carbocycles. The first-order valence-electron chi connectivity index (χ1n) is 7.18. The van der Waals surface area contributed by atoms with Crippen molar-refractivity contribution in [1.29, 1.82) is 0 Å². The molecule has 112 valence electrons. The predicted molar refractivity (Wildman–Crippen MR) is 81.1 cm³/mol. The van der Waals surface area contributed by atoms with E-state index in [1.807, 2.05) is 18.2 Å². The van der Waals surface area contributed by atoms with Crippen molar-refractivity contribution >= 4 is 10.8 Å². The maximum Gasteiger partial charge on any atom is 0.162 e. The third-order valence-corrected chi connectivity index (χ3v) is 4.48. The van der Waals surface area contributed by atoms with Gasteiger partial charge in [0.05, 0.1) is 24.0 Å². The van der Waals surface area contributed by atoms with E-state index in [0.717, 1.165) is 30.0 Å². The van der Waals surface area contributed by atoms with E-state index in [0.29, 0.717) is 30.8 Å². The van der Waals surface area contributed by atoms with E-state index < -0.39 is 10.8 Å². The lowest BCUT2D eigenvalue weighted by atomic mass is 10.3. The zero-order valence-electron chi connectivity index (χ0n) is 12.2. The van der Waals surface area contributed by atoms with Crippen LogP contribution >= 0.6 is 0 Å². The number of ether oxygens (including phenoxy) is 2. The van der Waals surface area contributed by atoms with Crippen LogP contribution < -0.4 is 14.8 Å². The maximum absolute atomic E-state index is 12.2. The van der Waals surface area contributed by atoms with E-state index in [2.05, 4.69) is 19.2 Å². The largest absolute Gasteiger partial charge is 0.490 e. The Morgan fingerprint density at radius 1 is 1.25 bits per heavy atom. The van der Waals surface area contributed by atoms with Gasteiger partial charge >= 0.3 is 0 Å². The van der Waals surface area contributed by atoms with Gasteiger partial charge in [0.1, 0.15) is 0 Å². The van der Waals surface area contributed by atoms with Gasteiger partial charge in [0, 0.05) is 29.2 Å². The molecule has 2 rings (SSSR count). The van der Waals surface area contributed by atoms with Crippen LogP contribution in [0.4, 0.5) is 0 Å². The van der Waals surface area contributed by atoms with Gasteiger partial charge in [-0.2, -0.15) is 0 Å². The molecule has 0 fully saturated rings. The molecule has 0 saturated heterocycles. The summed E-state index contributed by atoms with van der Waals surface area (Å²) < 4.78 is 23.4. The molecular formula is C15H23NO3S. The Morgan fingerprint density at radius 3 is 2.75 bits per heavy atom. The van der Waals surface area contributed by atoms with Crippen LogP contribution in [0.3, 0.4) is 0 Å². The quantitative estimate of drug-likeness (QED) is 0.819. The summed E-state index contributed by atoms with van der Waals surface area (Å²) in [5.74, 6) is 2.14. The number of benzene rings is 1. The first kappa shape index (κ1) is 15.3. The fourth-order valence-electron chi connectivity index (χ4n) is 2.00. The number of nitrogens with one attached hydrogen (secondary N) is 1. The molecule has 1 unspecified atom stereocenters. The Kier molecular flexibility index (Phi) is 5.86. The Hall–Kier alpha value is -1.07. The fraction of sp³-hybridized carbons (Fsp3) is 0.600. The lowest BCUT2D eigenvalue weighted by Gasteiger charge is -2.10. The van der Waals surface area contributed by atoms with E-state index >= 15 is 0 Å². The van der Waals surface area contributed by atoms with Crippen LogP contribution in [-0.4, -0.2) is 35.8 Å². The summed E-state index contributed by atoms with van der Waals surface area (Å²) in [6.45, 7) is 6.45.